The minimum absolute atomic E-state index is 0.309. The molecule has 1 aromatic heterocycles. The molecule has 0 saturated carbocycles. The fourth-order valence-corrected chi connectivity index (χ4v) is 4.53. The average Bonchev–Trinajstić information content (AvgIpc) is 3.40. The fourth-order valence-electron chi connectivity index (χ4n) is 4.34. The molecule has 1 unspecified atom stereocenters. The number of carbonyl (C=O) groups excluding carboxylic acids is 1. The number of aromatic nitrogens is 3. The molecule has 38 heavy (non-hydrogen) atoms. The van der Waals surface area contributed by atoms with Crippen LogP contribution in [0.1, 0.15) is 24.1 Å². The van der Waals surface area contributed by atoms with Crippen LogP contribution in [0, 0.1) is 0 Å². The van der Waals surface area contributed by atoms with Gasteiger partial charge in [0.25, 0.3) is 5.91 Å². The average molecular weight is 532 g/mol. The van der Waals surface area contributed by atoms with Gasteiger partial charge >= 0.3 is 0 Å². The van der Waals surface area contributed by atoms with E-state index in [0.29, 0.717) is 51.8 Å². The number of fused-ring (bicyclic) bond motifs is 1. The third-order valence-electron chi connectivity index (χ3n) is 6.22. The number of anilines is 2. The predicted octanol–water partition coefficient (Wildman–Crippen LogP) is 5.46. The lowest BCUT2D eigenvalue weighted by Gasteiger charge is -2.29. The molecule has 9 nitrogen and oxygen atoms in total. The third-order valence-corrected chi connectivity index (χ3v) is 6.59. The Kier molecular flexibility index (Phi) is 7.19. The van der Waals surface area contributed by atoms with Gasteiger partial charge in [-0.1, -0.05) is 41.9 Å². The number of benzene rings is 3. The lowest BCUT2D eigenvalue weighted by Crippen LogP contribution is -2.31. The Morgan fingerprint density at radius 2 is 1.89 bits per heavy atom. The number of nitrogens with zero attached hydrogens (tertiary/aromatic N) is 3. The van der Waals surface area contributed by atoms with Crippen LogP contribution in [0.3, 0.4) is 0 Å². The van der Waals surface area contributed by atoms with E-state index < -0.39 is 6.04 Å². The largest absolute Gasteiger partial charge is 0.497 e. The number of allylic oxidation sites excluding steroid dienone is 1. The quantitative estimate of drug-likeness (QED) is 0.311. The van der Waals surface area contributed by atoms with Crippen molar-refractivity contribution in [2.75, 3.05) is 24.9 Å². The van der Waals surface area contributed by atoms with Crippen LogP contribution in [-0.2, 0) is 11.4 Å². The van der Waals surface area contributed by atoms with Gasteiger partial charge in [-0.05, 0) is 42.8 Å². The van der Waals surface area contributed by atoms with Crippen LogP contribution in [-0.4, -0.2) is 34.9 Å². The van der Waals surface area contributed by atoms with Crippen molar-refractivity contribution in [1.29, 1.82) is 0 Å². The monoisotopic (exact) mass is 531 g/mol. The van der Waals surface area contributed by atoms with Crippen molar-refractivity contribution < 1.29 is 19.0 Å². The van der Waals surface area contributed by atoms with Crippen molar-refractivity contribution in [3.05, 3.63) is 100 Å². The summed E-state index contributed by atoms with van der Waals surface area (Å²) in [5.41, 5.74) is 3.33. The molecule has 0 bridgehead atoms. The molecule has 1 aliphatic heterocycles. The Morgan fingerprint density at radius 3 is 2.68 bits per heavy atom. The number of amides is 1. The fraction of sp³-hybridized carbons (Fsp3) is 0.179. The van der Waals surface area contributed by atoms with Crippen molar-refractivity contribution >= 4 is 29.1 Å². The molecule has 0 spiro atoms. The summed E-state index contributed by atoms with van der Waals surface area (Å²) in [6.45, 7) is 2.15. The summed E-state index contributed by atoms with van der Waals surface area (Å²) in [4.78, 5) is 18.1. The van der Waals surface area contributed by atoms with Crippen molar-refractivity contribution in [3.8, 4) is 17.2 Å². The van der Waals surface area contributed by atoms with Crippen molar-refractivity contribution in [2.45, 2.75) is 19.6 Å². The number of hydrogen-bond donors (Lipinski definition) is 2. The molecule has 0 aliphatic carbocycles. The lowest BCUT2D eigenvalue weighted by atomic mass is 9.94. The minimum atomic E-state index is -0.554. The summed E-state index contributed by atoms with van der Waals surface area (Å²) >= 11 is 6.29. The number of rotatable bonds is 8. The molecule has 0 radical (unpaired) electrons. The van der Waals surface area contributed by atoms with Gasteiger partial charge in [0.1, 0.15) is 36.2 Å². The molecular weight excluding hydrogens is 506 g/mol. The van der Waals surface area contributed by atoms with Gasteiger partial charge in [0.05, 0.1) is 25.5 Å². The molecule has 0 fully saturated rings. The maximum atomic E-state index is 13.7. The first-order valence-corrected chi connectivity index (χ1v) is 12.2. The highest BCUT2D eigenvalue weighted by molar-refractivity contribution is 6.31. The highest BCUT2D eigenvalue weighted by Gasteiger charge is 2.34. The predicted molar refractivity (Wildman–Crippen MR) is 145 cm³/mol. The first-order valence-electron chi connectivity index (χ1n) is 11.9. The maximum absolute atomic E-state index is 13.7. The smallest absolute Gasteiger partial charge is 0.255 e. The maximum Gasteiger partial charge on any atom is 0.255 e. The molecule has 1 aliphatic rings. The number of ether oxygens (including phenoxy) is 3. The van der Waals surface area contributed by atoms with Gasteiger partial charge in [-0.15, -0.1) is 0 Å². The van der Waals surface area contributed by atoms with Gasteiger partial charge in [-0.25, -0.2) is 4.68 Å². The normalized spacial score (nSPS) is 14.4. The van der Waals surface area contributed by atoms with Crippen LogP contribution >= 0.6 is 11.6 Å². The second-order valence-corrected chi connectivity index (χ2v) is 8.97. The molecule has 5 rings (SSSR count). The zero-order valence-corrected chi connectivity index (χ0v) is 21.8. The van der Waals surface area contributed by atoms with E-state index in [2.05, 4.69) is 20.7 Å². The summed E-state index contributed by atoms with van der Waals surface area (Å²) in [7, 11) is 3.11. The molecular formula is C28H26ClN5O4. The topological polar surface area (TPSA) is 99.5 Å². The van der Waals surface area contributed by atoms with Gasteiger partial charge in [-0.2, -0.15) is 10.1 Å². The molecule has 4 aromatic rings. The van der Waals surface area contributed by atoms with Crippen molar-refractivity contribution in [1.82, 2.24) is 14.8 Å². The van der Waals surface area contributed by atoms with Crippen LogP contribution in [0.2, 0.25) is 5.02 Å². The number of nitrogens with one attached hydrogen (secondary N) is 2. The van der Waals surface area contributed by atoms with Crippen LogP contribution in [0.25, 0.3) is 0 Å². The van der Waals surface area contributed by atoms with Gasteiger partial charge in [0, 0.05) is 22.3 Å². The van der Waals surface area contributed by atoms with Gasteiger partial charge in [-0.3, -0.25) is 4.79 Å². The molecule has 194 valence electrons. The Morgan fingerprint density at radius 1 is 1.05 bits per heavy atom. The Balaban J connectivity index is 1.47. The standard InChI is InChI=1S/C28H26ClN5O4/c1-17-25(27(35)33-23-12-11-20(36-2)14-24(23)37-3)26(34-28(32-17)30-16-31-34)18-8-6-9-21(13-18)38-15-19-7-4-5-10-22(19)29/h4-14,16,26H,15H2,1-3H3,(H,33,35)(H,30,31,32). The van der Waals surface area contributed by atoms with E-state index in [0.717, 1.165) is 11.1 Å². The van der Waals surface area contributed by atoms with E-state index in [9.17, 15) is 4.79 Å². The van der Waals surface area contributed by atoms with E-state index in [1.807, 2.05) is 55.5 Å². The van der Waals surface area contributed by atoms with Gasteiger partial charge < -0.3 is 24.8 Å². The minimum Gasteiger partial charge on any atom is -0.497 e. The molecule has 1 atom stereocenters. The molecule has 10 heteroatoms. The van der Waals surface area contributed by atoms with Crippen molar-refractivity contribution in [3.63, 3.8) is 0 Å². The molecule has 0 saturated heterocycles. The Hall–Kier alpha value is -4.50. The van der Waals surface area contributed by atoms with E-state index in [-0.39, 0.29) is 5.91 Å². The van der Waals surface area contributed by atoms with E-state index in [1.54, 1.807) is 30.0 Å². The molecule has 1 amide bonds. The Labute approximate surface area is 225 Å². The summed E-state index contributed by atoms with van der Waals surface area (Å²) < 4.78 is 18.5. The third kappa shape index (κ3) is 5.01. The first-order chi connectivity index (χ1) is 18.5. The summed E-state index contributed by atoms with van der Waals surface area (Å²) in [6, 6.07) is 19.8. The Bertz CT molecular complexity index is 1520. The summed E-state index contributed by atoms with van der Waals surface area (Å²) in [5.74, 6) is 1.96. The summed E-state index contributed by atoms with van der Waals surface area (Å²) in [6.07, 6.45) is 1.45. The second kappa shape index (κ2) is 10.9. The molecule has 2 N–H and O–H groups in total. The van der Waals surface area contributed by atoms with Crippen molar-refractivity contribution in [2.24, 2.45) is 0 Å². The number of carbonyl (C=O) groups is 1. The molecule has 3 aromatic carbocycles. The van der Waals surface area contributed by atoms with Crippen LogP contribution < -0.4 is 24.8 Å². The number of halogens is 1. The highest BCUT2D eigenvalue weighted by Crippen LogP contribution is 2.37. The first kappa shape index (κ1) is 25.2. The SMILES string of the molecule is COc1ccc(NC(=O)C2=C(C)Nc3ncnn3C2c2cccc(OCc3ccccc3Cl)c2)c(OC)c1. The number of hydrogen-bond acceptors (Lipinski definition) is 7. The van der Waals surface area contributed by atoms with Gasteiger partial charge in [0.15, 0.2) is 0 Å². The number of methoxy groups -OCH3 is 2. The second-order valence-electron chi connectivity index (χ2n) is 8.57. The zero-order chi connectivity index (χ0) is 26.6. The zero-order valence-electron chi connectivity index (χ0n) is 21.1. The van der Waals surface area contributed by atoms with Gasteiger partial charge in [0.2, 0.25) is 5.95 Å². The lowest BCUT2D eigenvalue weighted by molar-refractivity contribution is -0.113. The summed E-state index contributed by atoms with van der Waals surface area (Å²) in [5, 5.41) is 11.2. The van der Waals surface area contributed by atoms with E-state index in [1.165, 1.54) is 13.4 Å². The van der Waals surface area contributed by atoms with Crippen LogP contribution in [0.15, 0.2) is 84.3 Å². The van der Waals surface area contributed by atoms with Crippen LogP contribution in [0.5, 0.6) is 17.2 Å². The van der Waals surface area contributed by atoms with E-state index in [4.69, 9.17) is 25.8 Å². The van der Waals surface area contributed by atoms with E-state index >= 15 is 0 Å². The van der Waals surface area contributed by atoms with Crippen LogP contribution in [0.4, 0.5) is 11.6 Å². The molecule has 2 heterocycles. The highest BCUT2D eigenvalue weighted by atomic mass is 35.5.